The quantitative estimate of drug-likeness (QED) is 0.593. The second-order valence-corrected chi connectivity index (χ2v) is 7.65. The summed E-state index contributed by atoms with van der Waals surface area (Å²) in [7, 11) is 1.68. The molecular weight excluding hydrogens is 342 g/mol. The van der Waals surface area contributed by atoms with E-state index in [9.17, 15) is 10.1 Å². The van der Waals surface area contributed by atoms with Gasteiger partial charge in [0.1, 0.15) is 5.75 Å². The first-order valence-corrected chi connectivity index (χ1v) is 9.33. The van der Waals surface area contributed by atoms with E-state index in [1.807, 2.05) is 18.2 Å². The highest BCUT2D eigenvalue weighted by Gasteiger charge is 2.54. The molecule has 2 unspecified atom stereocenters. The summed E-state index contributed by atoms with van der Waals surface area (Å²) in [5, 5.41) is 11.3. The largest absolute Gasteiger partial charge is 0.497 e. The van der Waals surface area contributed by atoms with Crippen molar-refractivity contribution in [1.29, 1.82) is 0 Å². The molecule has 2 aromatic carbocycles. The Bertz CT molecular complexity index is 1000. The number of methoxy groups -OCH3 is 1. The number of ether oxygens (including phenoxy) is 1. The molecule has 0 N–H and O–H groups in total. The van der Waals surface area contributed by atoms with Crippen LogP contribution in [-0.4, -0.2) is 30.3 Å². The van der Waals surface area contributed by atoms with Crippen molar-refractivity contribution >= 4 is 22.8 Å². The minimum absolute atomic E-state index is 0.153. The van der Waals surface area contributed by atoms with Crippen LogP contribution in [0.3, 0.4) is 0 Å². The molecule has 0 radical (unpaired) electrons. The van der Waals surface area contributed by atoms with Crippen LogP contribution in [0.2, 0.25) is 0 Å². The summed E-state index contributed by atoms with van der Waals surface area (Å²) in [4.78, 5) is 18.4. The predicted octanol–water partition coefficient (Wildman–Crippen LogP) is 4.17. The highest BCUT2D eigenvalue weighted by atomic mass is 16.6. The number of aliphatic imine (C=N–C) groups is 1. The van der Waals surface area contributed by atoms with Gasteiger partial charge in [-0.2, -0.15) is 0 Å². The van der Waals surface area contributed by atoms with E-state index in [4.69, 9.17) is 9.73 Å². The Balaban J connectivity index is 1.73. The molecule has 1 spiro atoms. The number of fused-ring (bicyclic) bond motifs is 6. The highest BCUT2D eigenvalue weighted by Crippen LogP contribution is 2.54. The van der Waals surface area contributed by atoms with Crippen LogP contribution in [0.5, 0.6) is 5.75 Å². The first kappa shape index (κ1) is 16.3. The third kappa shape index (κ3) is 2.10. The SMILES string of the molecule is COc1ccc2c(c1)C1(Cc3cc([N+](=O)[O-])ccc3N3CCCC31)C(C)=N2. The molecule has 1 fully saturated rings. The van der Waals surface area contributed by atoms with Crippen molar-refractivity contribution in [2.75, 3.05) is 18.6 Å². The lowest BCUT2D eigenvalue weighted by Crippen LogP contribution is -2.55. The number of non-ortho nitro benzene ring substituents is 1. The lowest BCUT2D eigenvalue weighted by molar-refractivity contribution is -0.384. The Kier molecular flexibility index (Phi) is 3.35. The van der Waals surface area contributed by atoms with Crippen LogP contribution in [0.15, 0.2) is 41.4 Å². The number of hydrogen-bond acceptors (Lipinski definition) is 5. The van der Waals surface area contributed by atoms with E-state index < -0.39 is 0 Å². The van der Waals surface area contributed by atoms with Gasteiger partial charge < -0.3 is 9.64 Å². The molecule has 0 bridgehead atoms. The van der Waals surface area contributed by atoms with Crippen molar-refractivity contribution in [3.05, 3.63) is 57.6 Å². The average Bonchev–Trinajstić information content (AvgIpc) is 3.26. The molecule has 138 valence electrons. The molecule has 5 rings (SSSR count). The van der Waals surface area contributed by atoms with Crippen molar-refractivity contribution in [3.8, 4) is 5.75 Å². The van der Waals surface area contributed by atoms with E-state index in [0.29, 0.717) is 6.04 Å². The molecule has 6 heteroatoms. The maximum Gasteiger partial charge on any atom is 0.269 e. The molecule has 1 saturated heterocycles. The van der Waals surface area contributed by atoms with Crippen LogP contribution in [0.25, 0.3) is 0 Å². The Hall–Kier alpha value is -2.89. The number of nitrogens with zero attached hydrogens (tertiary/aromatic N) is 3. The van der Waals surface area contributed by atoms with Gasteiger partial charge in [0.2, 0.25) is 0 Å². The fourth-order valence-corrected chi connectivity index (χ4v) is 5.31. The molecule has 3 heterocycles. The third-order valence-electron chi connectivity index (χ3n) is 6.49. The average molecular weight is 363 g/mol. The predicted molar refractivity (Wildman–Crippen MR) is 105 cm³/mol. The standard InChI is InChI=1S/C21H21N3O3/c1-13-21(17-11-16(27-2)6-7-18(17)22-13)12-14-10-15(24(25)26)5-8-19(14)23-9-3-4-20(21)23/h5-8,10-11,20H,3-4,9,12H2,1-2H3. The smallest absolute Gasteiger partial charge is 0.269 e. The van der Waals surface area contributed by atoms with Crippen molar-refractivity contribution < 1.29 is 9.66 Å². The molecule has 0 aromatic heterocycles. The van der Waals surface area contributed by atoms with E-state index in [1.54, 1.807) is 19.2 Å². The third-order valence-corrected chi connectivity index (χ3v) is 6.49. The zero-order chi connectivity index (χ0) is 18.8. The maximum absolute atomic E-state index is 11.3. The minimum atomic E-state index is -0.310. The summed E-state index contributed by atoms with van der Waals surface area (Å²) < 4.78 is 5.49. The van der Waals surface area contributed by atoms with E-state index in [2.05, 4.69) is 17.9 Å². The fraction of sp³-hybridized carbons (Fsp3) is 0.381. The van der Waals surface area contributed by atoms with Crippen LogP contribution in [0, 0.1) is 10.1 Å². The molecule has 0 amide bonds. The maximum atomic E-state index is 11.3. The van der Waals surface area contributed by atoms with Crippen molar-refractivity contribution in [3.63, 3.8) is 0 Å². The minimum Gasteiger partial charge on any atom is -0.497 e. The lowest BCUT2D eigenvalue weighted by atomic mass is 9.65. The van der Waals surface area contributed by atoms with Crippen molar-refractivity contribution in [1.82, 2.24) is 0 Å². The lowest BCUT2D eigenvalue weighted by Gasteiger charge is -2.47. The molecule has 2 aromatic rings. The van der Waals surface area contributed by atoms with Gasteiger partial charge in [-0.05, 0) is 61.6 Å². The van der Waals surface area contributed by atoms with Gasteiger partial charge >= 0.3 is 0 Å². The number of anilines is 1. The van der Waals surface area contributed by atoms with E-state index in [1.165, 1.54) is 5.56 Å². The van der Waals surface area contributed by atoms with Gasteiger partial charge in [-0.3, -0.25) is 15.1 Å². The first-order valence-electron chi connectivity index (χ1n) is 9.33. The summed E-state index contributed by atoms with van der Waals surface area (Å²) in [5.74, 6) is 0.826. The number of benzene rings is 2. The van der Waals surface area contributed by atoms with Gasteiger partial charge in [-0.15, -0.1) is 0 Å². The first-order chi connectivity index (χ1) is 13.0. The van der Waals surface area contributed by atoms with Gasteiger partial charge in [0, 0.05) is 36.1 Å². The Morgan fingerprint density at radius 3 is 2.93 bits per heavy atom. The highest BCUT2D eigenvalue weighted by molar-refractivity contribution is 6.02. The monoisotopic (exact) mass is 363 g/mol. The molecule has 0 saturated carbocycles. The molecule has 2 atom stereocenters. The molecule has 0 aliphatic carbocycles. The van der Waals surface area contributed by atoms with E-state index in [-0.39, 0.29) is 16.0 Å². The van der Waals surface area contributed by atoms with Gasteiger partial charge in [-0.1, -0.05) is 0 Å². The van der Waals surface area contributed by atoms with Gasteiger partial charge in [-0.25, -0.2) is 0 Å². The second-order valence-electron chi connectivity index (χ2n) is 7.65. The zero-order valence-corrected chi connectivity index (χ0v) is 15.4. The van der Waals surface area contributed by atoms with E-state index in [0.717, 1.165) is 54.2 Å². The second kappa shape index (κ2) is 5.55. The number of rotatable bonds is 2. The number of nitro benzene ring substituents is 1. The summed E-state index contributed by atoms with van der Waals surface area (Å²) in [6.07, 6.45) is 2.95. The Labute approximate surface area is 157 Å². The summed E-state index contributed by atoms with van der Waals surface area (Å²) >= 11 is 0. The number of nitro groups is 1. The van der Waals surface area contributed by atoms with Gasteiger partial charge in [0.05, 0.1) is 23.1 Å². The van der Waals surface area contributed by atoms with Crippen molar-refractivity contribution in [2.45, 2.75) is 37.6 Å². The normalized spacial score (nSPS) is 25.0. The fourth-order valence-electron chi connectivity index (χ4n) is 5.31. The topological polar surface area (TPSA) is 68.0 Å². The Morgan fingerprint density at radius 1 is 1.30 bits per heavy atom. The van der Waals surface area contributed by atoms with Crippen LogP contribution < -0.4 is 9.64 Å². The zero-order valence-electron chi connectivity index (χ0n) is 15.4. The molecule has 6 nitrogen and oxygen atoms in total. The van der Waals surface area contributed by atoms with Crippen LogP contribution in [0.1, 0.15) is 30.9 Å². The van der Waals surface area contributed by atoms with Gasteiger partial charge in [0.25, 0.3) is 5.69 Å². The molecule has 3 aliphatic rings. The summed E-state index contributed by atoms with van der Waals surface area (Å²) in [6, 6.07) is 11.7. The molecule has 3 aliphatic heterocycles. The van der Waals surface area contributed by atoms with Crippen LogP contribution in [0.4, 0.5) is 17.1 Å². The summed E-state index contributed by atoms with van der Waals surface area (Å²) in [5.41, 5.74) is 5.36. The van der Waals surface area contributed by atoms with E-state index >= 15 is 0 Å². The number of hydrogen-bond donors (Lipinski definition) is 0. The van der Waals surface area contributed by atoms with Gasteiger partial charge in [0.15, 0.2) is 0 Å². The van der Waals surface area contributed by atoms with Crippen LogP contribution >= 0.6 is 0 Å². The molecule has 27 heavy (non-hydrogen) atoms. The Morgan fingerprint density at radius 2 is 2.15 bits per heavy atom. The van der Waals surface area contributed by atoms with Crippen LogP contribution in [-0.2, 0) is 11.8 Å². The summed E-state index contributed by atoms with van der Waals surface area (Å²) in [6.45, 7) is 3.08. The molecular formula is C21H21N3O3. The van der Waals surface area contributed by atoms with Crippen molar-refractivity contribution in [2.24, 2.45) is 4.99 Å².